The number of halogens is 2. The third-order valence-electron chi connectivity index (χ3n) is 3.21. The van der Waals surface area contributed by atoms with E-state index in [1.165, 1.54) is 0 Å². The van der Waals surface area contributed by atoms with E-state index < -0.39 is 0 Å². The minimum Gasteiger partial charge on any atom is -0.350 e. The van der Waals surface area contributed by atoms with Crippen LogP contribution < -0.4 is 5.32 Å². The first kappa shape index (κ1) is 17.3. The normalized spacial score (nSPS) is 11.8. The topological polar surface area (TPSA) is 32.3 Å². The number of carbonyl (C=O) groups excluding carboxylic acids is 1. The van der Waals surface area contributed by atoms with Crippen LogP contribution in [-0.2, 0) is 11.3 Å². The third kappa shape index (κ3) is 5.70. The monoisotopic (exact) mass is 316 g/mol. The van der Waals surface area contributed by atoms with E-state index in [2.05, 4.69) is 12.2 Å². The lowest BCUT2D eigenvalue weighted by Crippen LogP contribution is -2.46. The Hall–Kier alpha value is -0.770. The molecule has 0 aliphatic heterocycles. The minimum atomic E-state index is -0.165. The molecule has 0 aliphatic carbocycles. The second kappa shape index (κ2) is 7.30. The summed E-state index contributed by atoms with van der Waals surface area (Å²) in [7, 11) is 1.90. The summed E-state index contributed by atoms with van der Waals surface area (Å²) in [5.74, 6) is 0.0272. The van der Waals surface area contributed by atoms with Crippen LogP contribution in [0.25, 0.3) is 0 Å². The van der Waals surface area contributed by atoms with Gasteiger partial charge in [0.15, 0.2) is 0 Å². The molecule has 5 heteroatoms. The number of rotatable bonds is 6. The SMILES string of the molecule is CCC(C)(C)NC(=O)CN(C)Cc1ccc(Cl)c(Cl)c1. The first-order chi connectivity index (χ1) is 9.23. The summed E-state index contributed by atoms with van der Waals surface area (Å²) in [5.41, 5.74) is 0.867. The molecule has 0 heterocycles. The molecule has 0 spiro atoms. The van der Waals surface area contributed by atoms with Gasteiger partial charge in [-0.3, -0.25) is 9.69 Å². The number of nitrogens with one attached hydrogen (secondary N) is 1. The minimum absolute atomic E-state index is 0.0272. The highest BCUT2D eigenvalue weighted by atomic mass is 35.5. The average molecular weight is 317 g/mol. The molecule has 0 atom stereocenters. The molecule has 0 aliphatic rings. The van der Waals surface area contributed by atoms with Crippen molar-refractivity contribution in [3.63, 3.8) is 0 Å². The van der Waals surface area contributed by atoms with Gasteiger partial charge in [-0.25, -0.2) is 0 Å². The van der Waals surface area contributed by atoms with Gasteiger partial charge in [-0.1, -0.05) is 36.2 Å². The van der Waals surface area contributed by atoms with Crippen LogP contribution >= 0.6 is 23.2 Å². The summed E-state index contributed by atoms with van der Waals surface area (Å²) < 4.78 is 0. The number of benzene rings is 1. The predicted molar refractivity (Wildman–Crippen MR) is 85.3 cm³/mol. The smallest absolute Gasteiger partial charge is 0.234 e. The van der Waals surface area contributed by atoms with Crippen molar-refractivity contribution in [2.24, 2.45) is 0 Å². The van der Waals surface area contributed by atoms with Gasteiger partial charge in [0.05, 0.1) is 16.6 Å². The summed E-state index contributed by atoms with van der Waals surface area (Å²) in [4.78, 5) is 13.9. The molecular formula is C15H22Cl2N2O. The van der Waals surface area contributed by atoms with Crippen LogP contribution in [0.1, 0.15) is 32.8 Å². The Labute approximate surface area is 131 Å². The van der Waals surface area contributed by atoms with Gasteiger partial charge in [-0.05, 0) is 45.0 Å². The molecule has 112 valence electrons. The van der Waals surface area contributed by atoms with E-state index in [4.69, 9.17) is 23.2 Å². The molecule has 0 fully saturated rings. The van der Waals surface area contributed by atoms with E-state index in [0.717, 1.165) is 12.0 Å². The maximum atomic E-state index is 11.9. The molecule has 1 amide bonds. The van der Waals surface area contributed by atoms with Crippen LogP contribution in [0.3, 0.4) is 0 Å². The lowest BCUT2D eigenvalue weighted by atomic mass is 10.0. The average Bonchev–Trinajstić information content (AvgIpc) is 2.33. The molecule has 1 N–H and O–H groups in total. The zero-order valence-electron chi connectivity index (χ0n) is 12.5. The van der Waals surface area contributed by atoms with E-state index in [1.807, 2.05) is 37.9 Å². The number of hydrogen-bond acceptors (Lipinski definition) is 2. The quantitative estimate of drug-likeness (QED) is 0.867. The third-order valence-corrected chi connectivity index (χ3v) is 3.95. The van der Waals surface area contributed by atoms with Gasteiger partial charge >= 0.3 is 0 Å². The highest BCUT2D eigenvalue weighted by Crippen LogP contribution is 2.23. The van der Waals surface area contributed by atoms with Crippen molar-refractivity contribution in [3.05, 3.63) is 33.8 Å². The van der Waals surface area contributed by atoms with Crippen molar-refractivity contribution < 1.29 is 4.79 Å². The van der Waals surface area contributed by atoms with Crippen molar-refractivity contribution in [1.82, 2.24) is 10.2 Å². The molecule has 1 aromatic rings. The standard InChI is InChI=1S/C15H22Cl2N2O/c1-5-15(2,3)18-14(20)10-19(4)9-11-6-7-12(16)13(17)8-11/h6-8H,5,9-10H2,1-4H3,(H,18,20). The van der Waals surface area contributed by atoms with Crippen LogP contribution in [0.2, 0.25) is 10.0 Å². The number of carbonyl (C=O) groups is 1. The summed E-state index contributed by atoms with van der Waals surface area (Å²) in [6.45, 7) is 7.09. The Kier molecular flexibility index (Phi) is 6.31. The fraction of sp³-hybridized carbons (Fsp3) is 0.533. The zero-order chi connectivity index (χ0) is 15.3. The van der Waals surface area contributed by atoms with Gasteiger partial charge < -0.3 is 5.32 Å². The Bertz CT molecular complexity index is 475. The van der Waals surface area contributed by atoms with E-state index in [1.54, 1.807) is 6.07 Å². The summed E-state index contributed by atoms with van der Waals surface area (Å²) in [6.07, 6.45) is 0.898. The summed E-state index contributed by atoms with van der Waals surface area (Å²) >= 11 is 11.9. The highest BCUT2D eigenvalue weighted by molar-refractivity contribution is 6.42. The second-order valence-electron chi connectivity index (χ2n) is 5.71. The molecule has 3 nitrogen and oxygen atoms in total. The maximum Gasteiger partial charge on any atom is 0.234 e. The molecule has 0 aromatic heterocycles. The largest absolute Gasteiger partial charge is 0.350 e. The predicted octanol–water partition coefficient (Wildman–Crippen LogP) is 3.73. The van der Waals surface area contributed by atoms with E-state index in [9.17, 15) is 4.79 Å². The number of amides is 1. The molecule has 0 radical (unpaired) electrons. The molecule has 0 saturated carbocycles. The van der Waals surface area contributed by atoms with Crippen molar-refractivity contribution in [1.29, 1.82) is 0 Å². The Morgan fingerprint density at radius 3 is 2.50 bits per heavy atom. The van der Waals surface area contributed by atoms with Crippen LogP contribution in [-0.4, -0.2) is 29.9 Å². The number of likely N-dealkylation sites (N-methyl/N-ethyl adjacent to an activating group) is 1. The molecule has 0 saturated heterocycles. The first-order valence-electron chi connectivity index (χ1n) is 6.67. The highest BCUT2D eigenvalue weighted by Gasteiger charge is 2.18. The maximum absolute atomic E-state index is 11.9. The molecule has 0 bridgehead atoms. The molecule has 20 heavy (non-hydrogen) atoms. The van der Waals surface area contributed by atoms with Gasteiger partial charge in [0.25, 0.3) is 0 Å². The van der Waals surface area contributed by atoms with Gasteiger partial charge in [0.1, 0.15) is 0 Å². The molecule has 1 rings (SSSR count). The van der Waals surface area contributed by atoms with Crippen LogP contribution in [0.4, 0.5) is 0 Å². The van der Waals surface area contributed by atoms with Gasteiger partial charge in [0, 0.05) is 12.1 Å². The van der Waals surface area contributed by atoms with Crippen molar-refractivity contribution in [2.75, 3.05) is 13.6 Å². The van der Waals surface area contributed by atoms with Crippen LogP contribution in [0.5, 0.6) is 0 Å². The van der Waals surface area contributed by atoms with Gasteiger partial charge in [-0.15, -0.1) is 0 Å². The Morgan fingerprint density at radius 2 is 1.95 bits per heavy atom. The van der Waals surface area contributed by atoms with Gasteiger partial charge in [-0.2, -0.15) is 0 Å². The van der Waals surface area contributed by atoms with E-state index in [0.29, 0.717) is 23.1 Å². The van der Waals surface area contributed by atoms with Crippen LogP contribution in [0.15, 0.2) is 18.2 Å². The lowest BCUT2D eigenvalue weighted by molar-refractivity contribution is -0.123. The van der Waals surface area contributed by atoms with E-state index >= 15 is 0 Å². The lowest BCUT2D eigenvalue weighted by Gasteiger charge is -2.26. The summed E-state index contributed by atoms with van der Waals surface area (Å²) in [6, 6.07) is 5.51. The molecular weight excluding hydrogens is 295 g/mol. The van der Waals surface area contributed by atoms with Crippen molar-refractivity contribution >= 4 is 29.1 Å². The van der Waals surface area contributed by atoms with Crippen LogP contribution in [0, 0.1) is 0 Å². The molecule has 1 aromatic carbocycles. The zero-order valence-corrected chi connectivity index (χ0v) is 14.0. The summed E-state index contributed by atoms with van der Waals surface area (Å²) in [5, 5.41) is 4.09. The van der Waals surface area contributed by atoms with Crippen molar-refractivity contribution in [2.45, 2.75) is 39.3 Å². The van der Waals surface area contributed by atoms with E-state index in [-0.39, 0.29) is 11.4 Å². The van der Waals surface area contributed by atoms with Gasteiger partial charge in [0.2, 0.25) is 5.91 Å². The Morgan fingerprint density at radius 1 is 1.30 bits per heavy atom. The number of nitrogens with zero attached hydrogens (tertiary/aromatic N) is 1. The number of hydrogen-bond donors (Lipinski definition) is 1. The first-order valence-corrected chi connectivity index (χ1v) is 7.42. The molecule has 0 unspecified atom stereocenters. The van der Waals surface area contributed by atoms with Crippen molar-refractivity contribution in [3.8, 4) is 0 Å². The second-order valence-corrected chi connectivity index (χ2v) is 6.52. The Balaban J connectivity index is 2.53. The fourth-order valence-electron chi connectivity index (χ4n) is 1.76. The fourth-order valence-corrected chi connectivity index (χ4v) is 2.08.